The van der Waals surface area contributed by atoms with Crippen LogP contribution in [0.5, 0.6) is 0 Å². The quantitative estimate of drug-likeness (QED) is 0.407. The highest BCUT2D eigenvalue weighted by molar-refractivity contribution is 9.10. The number of carbonyl (C=O) groups excluding carboxylic acids is 2. The Hall–Kier alpha value is -3.65. The molecule has 3 aromatic heterocycles. The molecule has 1 atom stereocenters. The Labute approximate surface area is 184 Å². The first kappa shape index (κ1) is 19.3. The highest BCUT2D eigenvalue weighted by Gasteiger charge is 2.44. The molecule has 1 aliphatic heterocycles. The first-order valence-electron chi connectivity index (χ1n) is 9.43. The number of aromatic nitrogens is 1. The van der Waals surface area contributed by atoms with Gasteiger partial charge in [-0.15, -0.1) is 0 Å². The lowest BCUT2D eigenvalue weighted by Gasteiger charge is -2.25. The standard InChI is InChI=1S/C23H15BrN2O5/c24-15-3-4-17-14(10-15)11-18(31-17)21(27)19-20(13-5-7-25-8-6-13)26(23(29)22(19)28)12-16-2-1-9-30-16/h1-11,20,28H,12H2. The molecule has 1 N–H and O–H groups in total. The number of hydrogen-bond acceptors (Lipinski definition) is 6. The summed E-state index contributed by atoms with van der Waals surface area (Å²) in [5.74, 6) is -1.23. The molecule has 0 aliphatic carbocycles. The van der Waals surface area contributed by atoms with Gasteiger partial charge < -0.3 is 18.8 Å². The molecular weight excluding hydrogens is 464 g/mol. The SMILES string of the molecule is O=C(C1=C(O)C(=O)N(Cc2ccco2)C1c1ccncc1)c1cc2cc(Br)ccc2o1. The van der Waals surface area contributed by atoms with Crippen molar-refractivity contribution in [3.8, 4) is 0 Å². The van der Waals surface area contributed by atoms with Gasteiger partial charge in [0.2, 0.25) is 5.78 Å². The largest absolute Gasteiger partial charge is 0.503 e. The highest BCUT2D eigenvalue weighted by atomic mass is 79.9. The van der Waals surface area contributed by atoms with Gasteiger partial charge in [0.15, 0.2) is 11.5 Å². The van der Waals surface area contributed by atoms with Crippen molar-refractivity contribution in [1.29, 1.82) is 0 Å². The van der Waals surface area contributed by atoms with Crippen molar-refractivity contribution >= 4 is 38.6 Å². The summed E-state index contributed by atoms with van der Waals surface area (Å²) >= 11 is 3.40. The number of carbonyl (C=O) groups is 2. The summed E-state index contributed by atoms with van der Waals surface area (Å²) in [6, 6.07) is 13.0. The number of ketones is 1. The van der Waals surface area contributed by atoms with E-state index in [2.05, 4.69) is 20.9 Å². The Morgan fingerprint density at radius 1 is 1.16 bits per heavy atom. The molecule has 1 unspecified atom stereocenters. The van der Waals surface area contributed by atoms with Crippen molar-refractivity contribution in [3.05, 3.63) is 100 Å². The summed E-state index contributed by atoms with van der Waals surface area (Å²) in [5, 5.41) is 11.4. The fourth-order valence-corrected chi connectivity index (χ4v) is 4.15. The third kappa shape index (κ3) is 3.34. The Morgan fingerprint density at radius 2 is 1.97 bits per heavy atom. The average Bonchev–Trinajstić information content (AvgIpc) is 3.49. The molecule has 0 radical (unpaired) electrons. The molecule has 8 heteroatoms. The number of rotatable bonds is 5. The Morgan fingerprint density at radius 3 is 2.71 bits per heavy atom. The van der Waals surface area contributed by atoms with Gasteiger partial charge in [0.25, 0.3) is 5.91 Å². The van der Waals surface area contributed by atoms with E-state index < -0.39 is 23.5 Å². The van der Waals surface area contributed by atoms with Gasteiger partial charge in [0.1, 0.15) is 11.3 Å². The molecule has 0 spiro atoms. The summed E-state index contributed by atoms with van der Waals surface area (Å²) in [7, 11) is 0. The number of benzene rings is 1. The monoisotopic (exact) mass is 478 g/mol. The van der Waals surface area contributed by atoms with Crippen molar-refractivity contribution < 1.29 is 23.5 Å². The third-order valence-corrected chi connectivity index (χ3v) is 5.67. The maximum absolute atomic E-state index is 13.4. The molecule has 1 aromatic carbocycles. The van der Waals surface area contributed by atoms with E-state index in [9.17, 15) is 14.7 Å². The number of amides is 1. The van der Waals surface area contributed by atoms with Gasteiger partial charge in [-0.1, -0.05) is 15.9 Å². The highest BCUT2D eigenvalue weighted by Crippen LogP contribution is 2.40. The average molecular weight is 479 g/mol. The van der Waals surface area contributed by atoms with Crippen LogP contribution in [0.1, 0.15) is 27.9 Å². The van der Waals surface area contributed by atoms with Crippen LogP contribution >= 0.6 is 15.9 Å². The fourth-order valence-electron chi connectivity index (χ4n) is 3.77. The van der Waals surface area contributed by atoms with Crippen LogP contribution in [0.2, 0.25) is 0 Å². The zero-order valence-electron chi connectivity index (χ0n) is 16.0. The van der Waals surface area contributed by atoms with Gasteiger partial charge in [-0.3, -0.25) is 14.6 Å². The van der Waals surface area contributed by atoms with Crippen molar-refractivity contribution in [1.82, 2.24) is 9.88 Å². The zero-order chi connectivity index (χ0) is 21.5. The number of halogens is 1. The molecule has 0 saturated heterocycles. The second-order valence-electron chi connectivity index (χ2n) is 7.08. The van der Waals surface area contributed by atoms with E-state index >= 15 is 0 Å². The van der Waals surface area contributed by atoms with Crippen LogP contribution in [-0.2, 0) is 11.3 Å². The molecule has 1 aliphatic rings. The summed E-state index contributed by atoms with van der Waals surface area (Å²) in [6.07, 6.45) is 4.64. The summed E-state index contributed by atoms with van der Waals surface area (Å²) in [5.41, 5.74) is 1.13. The minimum absolute atomic E-state index is 0.0409. The van der Waals surface area contributed by atoms with Crippen LogP contribution in [0.3, 0.4) is 0 Å². The van der Waals surface area contributed by atoms with Crippen molar-refractivity contribution in [2.24, 2.45) is 0 Å². The molecule has 4 aromatic rings. The number of nitrogens with zero attached hydrogens (tertiary/aromatic N) is 2. The number of aliphatic hydroxyl groups excluding tert-OH is 1. The second kappa shape index (κ2) is 7.55. The number of fused-ring (bicyclic) bond motifs is 1. The fraction of sp³-hybridized carbons (Fsp3) is 0.0870. The third-order valence-electron chi connectivity index (χ3n) is 5.18. The van der Waals surface area contributed by atoms with Crippen LogP contribution in [-0.4, -0.2) is 26.7 Å². The van der Waals surface area contributed by atoms with E-state index in [0.29, 0.717) is 16.9 Å². The van der Waals surface area contributed by atoms with Gasteiger partial charge in [-0.25, -0.2) is 0 Å². The lowest BCUT2D eigenvalue weighted by atomic mass is 9.95. The van der Waals surface area contributed by atoms with Crippen molar-refractivity contribution in [2.45, 2.75) is 12.6 Å². The van der Waals surface area contributed by atoms with Crippen LogP contribution < -0.4 is 0 Å². The smallest absolute Gasteiger partial charge is 0.290 e. The number of Topliss-reactive ketones (excluding diaryl/α,β-unsaturated/α-hetero) is 1. The van der Waals surface area contributed by atoms with Crippen LogP contribution in [0.25, 0.3) is 11.0 Å². The number of pyridine rings is 1. The predicted octanol–water partition coefficient (Wildman–Crippen LogP) is 4.96. The van der Waals surface area contributed by atoms with E-state index in [4.69, 9.17) is 8.83 Å². The Balaban J connectivity index is 1.60. The topological polar surface area (TPSA) is 96.8 Å². The lowest BCUT2D eigenvalue weighted by molar-refractivity contribution is -0.130. The van der Waals surface area contributed by atoms with Gasteiger partial charge in [0.05, 0.1) is 24.4 Å². The van der Waals surface area contributed by atoms with Crippen molar-refractivity contribution in [2.75, 3.05) is 0 Å². The minimum Gasteiger partial charge on any atom is -0.503 e. The molecule has 0 bridgehead atoms. The van der Waals surface area contributed by atoms with Gasteiger partial charge in [0, 0.05) is 22.3 Å². The molecule has 1 amide bonds. The second-order valence-corrected chi connectivity index (χ2v) is 8.00. The molecule has 0 saturated carbocycles. The predicted molar refractivity (Wildman–Crippen MR) is 114 cm³/mol. The van der Waals surface area contributed by atoms with E-state index in [-0.39, 0.29) is 17.9 Å². The maximum Gasteiger partial charge on any atom is 0.290 e. The van der Waals surface area contributed by atoms with Crippen molar-refractivity contribution in [3.63, 3.8) is 0 Å². The number of aliphatic hydroxyl groups is 1. The molecule has 4 heterocycles. The van der Waals surface area contributed by atoms with Crippen LogP contribution in [0.4, 0.5) is 0 Å². The molecule has 154 valence electrons. The minimum atomic E-state index is -0.812. The summed E-state index contributed by atoms with van der Waals surface area (Å²) in [6.45, 7) is 0.0900. The summed E-state index contributed by atoms with van der Waals surface area (Å²) < 4.78 is 12.0. The Bertz CT molecular complexity index is 1320. The molecule has 7 nitrogen and oxygen atoms in total. The maximum atomic E-state index is 13.4. The first-order valence-corrected chi connectivity index (χ1v) is 10.2. The van der Waals surface area contributed by atoms with E-state index in [0.717, 1.165) is 9.86 Å². The van der Waals surface area contributed by atoms with Crippen LogP contribution in [0.15, 0.2) is 91.8 Å². The van der Waals surface area contributed by atoms with E-state index in [1.807, 2.05) is 6.07 Å². The summed E-state index contributed by atoms with van der Waals surface area (Å²) in [4.78, 5) is 31.8. The van der Waals surface area contributed by atoms with E-state index in [1.54, 1.807) is 54.9 Å². The molecule has 5 rings (SSSR count). The molecule has 31 heavy (non-hydrogen) atoms. The normalized spacial score (nSPS) is 16.5. The number of hydrogen-bond donors (Lipinski definition) is 1. The van der Waals surface area contributed by atoms with Gasteiger partial charge in [-0.05, 0) is 54.1 Å². The zero-order valence-corrected chi connectivity index (χ0v) is 17.6. The lowest BCUT2D eigenvalue weighted by Crippen LogP contribution is -2.30. The van der Waals surface area contributed by atoms with E-state index in [1.165, 1.54) is 11.2 Å². The van der Waals surface area contributed by atoms with Gasteiger partial charge in [-0.2, -0.15) is 0 Å². The molecular formula is C23H15BrN2O5. The van der Waals surface area contributed by atoms with Gasteiger partial charge >= 0.3 is 0 Å². The Kier molecular flexibility index (Phi) is 4.71. The molecule has 0 fully saturated rings. The first-order chi connectivity index (χ1) is 15.0. The van der Waals surface area contributed by atoms with Crippen LogP contribution in [0, 0.1) is 0 Å². The number of furan rings is 2.